The largest absolute Gasteiger partial charge is 0.395 e. The fourth-order valence-electron chi connectivity index (χ4n) is 2.41. The normalized spacial score (nSPS) is 10.7. The van der Waals surface area contributed by atoms with Gasteiger partial charge in [-0.05, 0) is 5.56 Å². The molecule has 0 amide bonds. The quantitative estimate of drug-likeness (QED) is 0.596. The molecule has 0 unspecified atom stereocenters. The summed E-state index contributed by atoms with van der Waals surface area (Å²) in [4.78, 5) is 19.6. The molecule has 8 nitrogen and oxygen atoms in total. The van der Waals surface area contributed by atoms with Crippen molar-refractivity contribution in [1.29, 1.82) is 0 Å². The molecule has 25 heavy (non-hydrogen) atoms. The first-order valence-corrected chi connectivity index (χ1v) is 8.01. The molecule has 3 rings (SSSR count). The van der Waals surface area contributed by atoms with Gasteiger partial charge in [-0.2, -0.15) is 4.98 Å². The van der Waals surface area contributed by atoms with E-state index in [0.717, 1.165) is 5.56 Å². The lowest BCUT2D eigenvalue weighted by molar-refractivity contribution is 0.311. The zero-order valence-corrected chi connectivity index (χ0v) is 14.3. The predicted octanol–water partition coefficient (Wildman–Crippen LogP) is 1.50. The van der Waals surface area contributed by atoms with Crippen molar-refractivity contribution in [1.82, 2.24) is 19.9 Å². The van der Waals surface area contributed by atoms with Crippen LogP contribution in [0.5, 0.6) is 0 Å². The summed E-state index contributed by atoms with van der Waals surface area (Å²) in [6.07, 6.45) is 1.51. The molecule has 0 aliphatic carbocycles. The summed E-state index contributed by atoms with van der Waals surface area (Å²) in [5, 5.41) is 15.4. The summed E-state index contributed by atoms with van der Waals surface area (Å²) in [6.45, 7) is 0.988. The number of anilines is 3. The number of hydrogen-bond donors (Lipinski definition) is 3. The first-order chi connectivity index (χ1) is 12.2. The van der Waals surface area contributed by atoms with Crippen LogP contribution in [0.25, 0.3) is 11.0 Å². The highest BCUT2D eigenvalue weighted by Gasteiger charge is 2.14. The van der Waals surface area contributed by atoms with Crippen LogP contribution in [-0.2, 0) is 6.54 Å². The molecule has 0 radical (unpaired) electrons. The van der Waals surface area contributed by atoms with E-state index in [1.807, 2.05) is 49.3 Å². The van der Waals surface area contributed by atoms with Crippen LogP contribution in [0.15, 0.2) is 36.7 Å². The van der Waals surface area contributed by atoms with Crippen LogP contribution in [0, 0.1) is 0 Å². The van der Waals surface area contributed by atoms with Crippen molar-refractivity contribution in [3.8, 4) is 0 Å². The van der Waals surface area contributed by atoms with Gasteiger partial charge in [0.05, 0.1) is 6.61 Å². The monoisotopic (exact) mass is 339 g/mol. The third kappa shape index (κ3) is 3.92. The van der Waals surface area contributed by atoms with Crippen molar-refractivity contribution in [2.24, 2.45) is 0 Å². The van der Waals surface area contributed by atoms with E-state index in [0.29, 0.717) is 41.7 Å². The Labute approximate surface area is 146 Å². The number of aliphatic hydroxyl groups excluding tert-OH is 1. The van der Waals surface area contributed by atoms with E-state index in [1.54, 1.807) is 0 Å². The fraction of sp³-hybridized carbons (Fsp3) is 0.294. The van der Waals surface area contributed by atoms with Crippen LogP contribution in [-0.4, -0.2) is 52.3 Å². The minimum absolute atomic E-state index is 0.00000176. The summed E-state index contributed by atoms with van der Waals surface area (Å²) in [5.41, 5.74) is 2.45. The number of aromatic nitrogens is 4. The van der Waals surface area contributed by atoms with E-state index >= 15 is 0 Å². The fourth-order valence-corrected chi connectivity index (χ4v) is 2.41. The summed E-state index contributed by atoms with van der Waals surface area (Å²) in [5.74, 6) is 1.76. The van der Waals surface area contributed by atoms with Gasteiger partial charge in [-0.15, -0.1) is 0 Å². The van der Waals surface area contributed by atoms with Crippen molar-refractivity contribution in [3.63, 3.8) is 0 Å². The Morgan fingerprint density at radius 3 is 2.52 bits per heavy atom. The second-order valence-electron chi connectivity index (χ2n) is 5.67. The summed E-state index contributed by atoms with van der Waals surface area (Å²) in [6, 6.07) is 10.1. The topological polar surface area (TPSA) is 99.1 Å². The Morgan fingerprint density at radius 1 is 1.00 bits per heavy atom. The molecule has 1 aromatic carbocycles. The van der Waals surface area contributed by atoms with E-state index in [1.165, 1.54) is 6.33 Å². The van der Waals surface area contributed by atoms with Gasteiger partial charge in [-0.3, -0.25) is 0 Å². The van der Waals surface area contributed by atoms with Crippen LogP contribution in [0.2, 0.25) is 0 Å². The second kappa shape index (κ2) is 7.71. The van der Waals surface area contributed by atoms with Gasteiger partial charge in [0, 0.05) is 27.2 Å². The zero-order valence-electron chi connectivity index (χ0n) is 14.3. The maximum Gasteiger partial charge on any atom is 0.225 e. The van der Waals surface area contributed by atoms with Crippen molar-refractivity contribution in [3.05, 3.63) is 42.2 Å². The average Bonchev–Trinajstić information content (AvgIpc) is 2.64. The van der Waals surface area contributed by atoms with E-state index in [2.05, 4.69) is 30.6 Å². The highest BCUT2D eigenvalue weighted by atomic mass is 16.3. The van der Waals surface area contributed by atoms with Gasteiger partial charge in [0.2, 0.25) is 5.95 Å². The molecule has 8 heteroatoms. The number of nitrogens with one attached hydrogen (secondary N) is 2. The average molecular weight is 339 g/mol. The van der Waals surface area contributed by atoms with Gasteiger partial charge in [0.25, 0.3) is 0 Å². The first-order valence-electron chi connectivity index (χ1n) is 8.01. The Balaban J connectivity index is 2.00. The van der Waals surface area contributed by atoms with Crippen molar-refractivity contribution >= 4 is 28.6 Å². The van der Waals surface area contributed by atoms with Crippen molar-refractivity contribution in [2.75, 3.05) is 42.8 Å². The molecule has 0 saturated heterocycles. The molecule has 3 aromatic rings. The first kappa shape index (κ1) is 16.8. The Morgan fingerprint density at radius 2 is 1.80 bits per heavy atom. The lowest BCUT2D eigenvalue weighted by Crippen LogP contribution is -2.15. The number of nitrogens with zero attached hydrogens (tertiary/aromatic N) is 5. The Kier molecular flexibility index (Phi) is 5.20. The minimum Gasteiger partial charge on any atom is -0.395 e. The smallest absolute Gasteiger partial charge is 0.225 e. The van der Waals surface area contributed by atoms with E-state index in [4.69, 9.17) is 5.11 Å². The standard InChI is InChI=1S/C17H21N7O/c1-24(2)16-14-13(20-11-21-16)15(23-17(22-14)18-8-9-25)19-10-12-6-4-3-5-7-12/h3-7,11,25H,8-10H2,1-2H3,(H2,18,19,22,23). The highest BCUT2D eigenvalue weighted by molar-refractivity contribution is 5.93. The molecule has 130 valence electrons. The molecule has 0 aliphatic rings. The lowest BCUT2D eigenvalue weighted by atomic mass is 10.2. The molecule has 0 aliphatic heterocycles. The number of hydrogen-bond acceptors (Lipinski definition) is 8. The molecule has 3 N–H and O–H groups in total. The van der Waals surface area contributed by atoms with Gasteiger partial charge < -0.3 is 20.6 Å². The third-order valence-electron chi connectivity index (χ3n) is 3.58. The minimum atomic E-state index is 0.00000176. The van der Waals surface area contributed by atoms with Gasteiger partial charge in [-0.1, -0.05) is 30.3 Å². The summed E-state index contributed by atoms with van der Waals surface area (Å²) < 4.78 is 0. The summed E-state index contributed by atoms with van der Waals surface area (Å²) >= 11 is 0. The molecule has 0 saturated carbocycles. The molecule has 0 spiro atoms. The number of benzene rings is 1. The molecule has 0 bridgehead atoms. The highest BCUT2D eigenvalue weighted by Crippen LogP contribution is 2.26. The van der Waals surface area contributed by atoms with Crippen LogP contribution >= 0.6 is 0 Å². The molecular weight excluding hydrogens is 318 g/mol. The second-order valence-corrected chi connectivity index (χ2v) is 5.67. The van der Waals surface area contributed by atoms with Crippen LogP contribution in [0.4, 0.5) is 17.6 Å². The van der Waals surface area contributed by atoms with Gasteiger partial charge in [0.15, 0.2) is 11.6 Å². The lowest BCUT2D eigenvalue weighted by Gasteiger charge is -2.16. The molecule has 2 aromatic heterocycles. The van der Waals surface area contributed by atoms with E-state index < -0.39 is 0 Å². The van der Waals surface area contributed by atoms with Crippen LogP contribution in [0.3, 0.4) is 0 Å². The molecule has 2 heterocycles. The van der Waals surface area contributed by atoms with Crippen LogP contribution in [0.1, 0.15) is 5.56 Å². The van der Waals surface area contributed by atoms with E-state index in [-0.39, 0.29) is 6.61 Å². The number of aliphatic hydroxyl groups is 1. The number of rotatable bonds is 7. The van der Waals surface area contributed by atoms with Crippen LogP contribution < -0.4 is 15.5 Å². The van der Waals surface area contributed by atoms with Gasteiger partial charge >= 0.3 is 0 Å². The van der Waals surface area contributed by atoms with E-state index in [9.17, 15) is 0 Å². The zero-order chi connectivity index (χ0) is 17.6. The number of fused-ring (bicyclic) bond motifs is 1. The maximum atomic E-state index is 9.04. The molecular formula is C17H21N7O. The van der Waals surface area contributed by atoms with Crippen molar-refractivity contribution in [2.45, 2.75) is 6.54 Å². The maximum absolute atomic E-state index is 9.04. The summed E-state index contributed by atoms with van der Waals surface area (Å²) in [7, 11) is 3.81. The third-order valence-corrected chi connectivity index (χ3v) is 3.58. The molecule has 0 fully saturated rings. The Bertz CT molecular complexity index is 839. The van der Waals surface area contributed by atoms with Gasteiger partial charge in [-0.25, -0.2) is 15.0 Å². The predicted molar refractivity (Wildman–Crippen MR) is 98.8 cm³/mol. The SMILES string of the molecule is CN(C)c1ncnc2c(NCc3ccccc3)nc(NCCO)nc12. The molecule has 0 atom stereocenters. The van der Waals surface area contributed by atoms with Gasteiger partial charge in [0.1, 0.15) is 17.4 Å². The van der Waals surface area contributed by atoms with Crippen molar-refractivity contribution < 1.29 is 5.11 Å². The Hall–Kier alpha value is -3.00.